The number of hydrogen-bond donors (Lipinski definition) is 2. The molecule has 7 nitrogen and oxygen atoms in total. The van der Waals surface area contributed by atoms with Gasteiger partial charge in [0.15, 0.2) is 11.5 Å². The summed E-state index contributed by atoms with van der Waals surface area (Å²) in [6, 6.07) is 9.66. The number of amides is 2. The predicted octanol–water partition coefficient (Wildman–Crippen LogP) is 4.29. The number of aromatic hydroxyl groups is 1. The van der Waals surface area contributed by atoms with Gasteiger partial charge in [0.25, 0.3) is 5.91 Å². The Kier molecular flexibility index (Phi) is 7.42. The average molecular weight is 479 g/mol. The summed E-state index contributed by atoms with van der Waals surface area (Å²) in [5.41, 5.74) is 0.962. The third kappa shape index (κ3) is 5.49. The lowest BCUT2D eigenvalue weighted by molar-refractivity contribution is -0.122. The quantitative estimate of drug-likeness (QED) is 0.348. The maximum Gasteiger partial charge on any atom is 0.266 e. The summed E-state index contributed by atoms with van der Waals surface area (Å²) in [7, 11) is 3.09. The van der Waals surface area contributed by atoms with Gasteiger partial charge in [-0.05, 0) is 42.0 Å². The molecule has 1 fully saturated rings. The van der Waals surface area contributed by atoms with Crippen LogP contribution in [0.25, 0.3) is 6.08 Å². The molecule has 1 heterocycles. The Hall–Kier alpha value is -2.75. The number of methoxy groups -OCH3 is 2. The first-order chi connectivity index (χ1) is 14.8. The van der Waals surface area contributed by atoms with E-state index in [4.69, 9.17) is 33.3 Å². The van der Waals surface area contributed by atoms with Crippen molar-refractivity contribution in [1.29, 1.82) is 0 Å². The summed E-state index contributed by atoms with van der Waals surface area (Å²) in [5.74, 6) is 0.386. The molecular formula is C21H19ClN2O5S2. The molecule has 1 aliphatic rings. The standard InChI is InChI=1S/C21H19ClN2O5S2/c1-28-16-6-3-12(9-17(16)29-2)10-18-20(27)24(21(30)31-18)8-7-19(26)23-14-11-13(22)4-5-15(14)25/h3-6,9-11,25H,7-8H2,1-2H3,(H,23,26)/b18-10-. The van der Waals surface area contributed by atoms with E-state index < -0.39 is 0 Å². The van der Waals surface area contributed by atoms with Gasteiger partial charge in [-0.15, -0.1) is 0 Å². The van der Waals surface area contributed by atoms with Crippen LogP contribution in [0.5, 0.6) is 17.2 Å². The Balaban J connectivity index is 1.65. The molecule has 2 amide bonds. The van der Waals surface area contributed by atoms with Crippen molar-refractivity contribution in [2.24, 2.45) is 0 Å². The third-order valence-corrected chi connectivity index (χ3v) is 5.99. The second-order valence-electron chi connectivity index (χ2n) is 6.41. The molecule has 0 aliphatic carbocycles. The summed E-state index contributed by atoms with van der Waals surface area (Å²) in [4.78, 5) is 26.9. The average Bonchev–Trinajstić information content (AvgIpc) is 3.01. The number of nitrogens with zero attached hydrogens (tertiary/aromatic N) is 1. The molecule has 1 saturated heterocycles. The maximum atomic E-state index is 12.8. The normalized spacial score (nSPS) is 14.8. The van der Waals surface area contributed by atoms with Crippen LogP contribution in [0.3, 0.4) is 0 Å². The van der Waals surface area contributed by atoms with Gasteiger partial charge < -0.3 is 19.9 Å². The number of halogens is 1. The summed E-state index contributed by atoms with van der Waals surface area (Å²) in [6.07, 6.45) is 1.72. The molecule has 162 valence electrons. The number of thioether (sulfide) groups is 1. The van der Waals surface area contributed by atoms with Crippen molar-refractivity contribution < 1.29 is 24.2 Å². The van der Waals surface area contributed by atoms with Crippen molar-refractivity contribution in [2.75, 3.05) is 26.1 Å². The van der Waals surface area contributed by atoms with Gasteiger partial charge in [-0.2, -0.15) is 0 Å². The van der Waals surface area contributed by atoms with Crippen LogP contribution in [0.4, 0.5) is 5.69 Å². The largest absolute Gasteiger partial charge is 0.506 e. The molecule has 0 radical (unpaired) electrons. The number of rotatable bonds is 7. The van der Waals surface area contributed by atoms with Gasteiger partial charge >= 0.3 is 0 Å². The van der Waals surface area contributed by atoms with E-state index in [1.54, 1.807) is 31.4 Å². The van der Waals surface area contributed by atoms with Crippen molar-refractivity contribution in [3.05, 3.63) is 51.9 Å². The van der Waals surface area contributed by atoms with E-state index in [-0.39, 0.29) is 36.2 Å². The molecule has 1 aliphatic heterocycles. The number of carbonyl (C=O) groups is 2. The van der Waals surface area contributed by atoms with E-state index in [0.29, 0.717) is 25.7 Å². The second-order valence-corrected chi connectivity index (χ2v) is 8.52. The molecule has 0 spiro atoms. The Morgan fingerprint density at radius 2 is 1.97 bits per heavy atom. The van der Waals surface area contributed by atoms with E-state index >= 15 is 0 Å². The second kappa shape index (κ2) is 10.0. The van der Waals surface area contributed by atoms with Crippen molar-refractivity contribution >= 4 is 63.5 Å². The summed E-state index contributed by atoms with van der Waals surface area (Å²) < 4.78 is 10.9. The highest BCUT2D eigenvalue weighted by atomic mass is 35.5. The van der Waals surface area contributed by atoms with Crippen molar-refractivity contribution in [2.45, 2.75) is 6.42 Å². The SMILES string of the molecule is COc1ccc(/C=C2\SC(=S)N(CCC(=O)Nc3cc(Cl)ccc3O)C2=O)cc1OC. The first-order valence-electron chi connectivity index (χ1n) is 9.08. The fraction of sp³-hybridized carbons (Fsp3) is 0.190. The molecule has 3 rings (SSSR count). The number of anilines is 1. The number of hydrogen-bond acceptors (Lipinski definition) is 7. The monoisotopic (exact) mass is 478 g/mol. The number of nitrogens with one attached hydrogen (secondary N) is 1. The first-order valence-corrected chi connectivity index (χ1v) is 10.7. The van der Waals surface area contributed by atoms with Crippen molar-refractivity contribution in [3.8, 4) is 17.2 Å². The minimum absolute atomic E-state index is 0.00202. The van der Waals surface area contributed by atoms with Crippen LogP contribution in [0.1, 0.15) is 12.0 Å². The number of thiocarbonyl (C=S) groups is 1. The van der Waals surface area contributed by atoms with Gasteiger partial charge in [0.1, 0.15) is 10.1 Å². The zero-order valence-corrected chi connectivity index (χ0v) is 19.1. The smallest absolute Gasteiger partial charge is 0.266 e. The molecule has 2 N–H and O–H groups in total. The Morgan fingerprint density at radius 1 is 1.23 bits per heavy atom. The zero-order chi connectivity index (χ0) is 22.5. The van der Waals surface area contributed by atoms with Gasteiger partial charge in [0.05, 0.1) is 24.8 Å². The summed E-state index contributed by atoms with van der Waals surface area (Å²) in [6.45, 7) is 0.112. The van der Waals surface area contributed by atoms with E-state index in [1.807, 2.05) is 0 Å². The lowest BCUT2D eigenvalue weighted by atomic mass is 10.2. The number of benzene rings is 2. The van der Waals surface area contributed by atoms with Crippen LogP contribution in [0, 0.1) is 0 Å². The predicted molar refractivity (Wildman–Crippen MR) is 126 cm³/mol. The van der Waals surface area contributed by atoms with E-state index in [9.17, 15) is 14.7 Å². The fourth-order valence-corrected chi connectivity index (χ4v) is 4.30. The van der Waals surface area contributed by atoms with E-state index in [0.717, 1.165) is 5.56 Å². The van der Waals surface area contributed by atoms with Gasteiger partial charge in [-0.1, -0.05) is 41.6 Å². The maximum absolute atomic E-state index is 12.8. The number of carbonyl (C=O) groups excluding carboxylic acids is 2. The first kappa shape index (κ1) is 22.9. The number of phenols is 1. The molecule has 2 aromatic carbocycles. The summed E-state index contributed by atoms with van der Waals surface area (Å²) in [5, 5.41) is 12.8. The Labute approximate surface area is 194 Å². The van der Waals surface area contributed by atoms with Crippen LogP contribution in [-0.2, 0) is 9.59 Å². The topological polar surface area (TPSA) is 88.1 Å². The van der Waals surface area contributed by atoms with Crippen molar-refractivity contribution in [1.82, 2.24) is 4.90 Å². The van der Waals surface area contributed by atoms with Crippen LogP contribution < -0.4 is 14.8 Å². The lowest BCUT2D eigenvalue weighted by Gasteiger charge is -2.14. The minimum atomic E-state index is -0.379. The third-order valence-electron chi connectivity index (χ3n) is 4.37. The molecule has 0 aromatic heterocycles. The zero-order valence-electron chi connectivity index (χ0n) is 16.7. The van der Waals surface area contributed by atoms with Gasteiger partial charge in [0.2, 0.25) is 5.91 Å². The van der Waals surface area contributed by atoms with Crippen LogP contribution in [0.2, 0.25) is 5.02 Å². The van der Waals surface area contributed by atoms with Gasteiger partial charge in [-0.3, -0.25) is 14.5 Å². The summed E-state index contributed by atoms with van der Waals surface area (Å²) >= 11 is 12.4. The van der Waals surface area contributed by atoms with E-state index in [1.165, 1.54) is 42.0 Å². The highest BCUT2D eigenvalue weighted by molar-refractivity contribution is 8.26. The highest BCUT2D eigenvalue weighted by Gasteiger charge is 2.32. The van der Waals surface area contributed by atoms with Crippen molar-refractivity contribution in [3.63, 3.8) is 0 Å². The lowest BCUT2D eigenvalue weighted by Crippen LogP contribution is -2.31. The number of ether oxygens (including phenoxy) is 2. The molecule has 0 bridgehead atoms. The van der Waals surface area contributed by atoms with Gasteiger partial charge in [-0.25, -0.2) is 0 Å². The Bertz CT molecular complexity index is 1070. The molecule has 31 heavy (non-hydrogen) atoms. The van der Waals surface area contributed by atoms with E-state index in [2.05, 4.69) is 5.32 Å². The molecular weight excluding hydrogens is 460 g/mol. The highest BCUT2D eigenvalue weighted by Crippen LogP contribution is 2.35. The van der Waals surface area contributed by atoms with Crippen LogP contribution in [0.15, 0.2) is 41.3 Å². The minimum Gasteiger partial charge on any atom is -0.506 e. The Morgan fingerprint density at radius 3 is 2.68 bits per heavy atom. The van der Waals surface area contributed by atoms with Gasteiger partial charge in [0, 0.05) is 18.0 Å². The number of phenolic OH excluding ortho intramolecular Hbond substituents is 1. The molecule has 0 atom stereocenters. The fourth-order valence-electron chi connectivity index (χ4n) is 2.82. The van der Waals surface area contributed by atoms with Crippen LogP contribution >= 0.6 is 35.6 Å². The van der Waals surface area contributed by atoms with Crippen LogP contribution in [-0.4, -0.2) is 46.9 Å². The molecule has 0 saturated carbocycles. The molecule has 2 aromatic rings. The molecule has 10 heteroatoms. The molecule has 0 unspecified atom stereocenters.